The number of ether oxygens (including phenoxy) is 1. The number of rotatable bonds is 8. The van der Waals surface area contributed by atoms with E-state index >= 15 is 0 Å². The molecule has 3 aromatic carbocycles. The summed E-state index contributed by atoms with van der Waals surface area (Å²) in [5.41, 5.74) is 2.85. The number of thioether (sulfide) groups is 1. The highest BCUT2D eigenvalue weighted by molar-refractivity contribution is 7.99. The lowest BCUT2D eigenvalue weighted by Gasteiger charge is -2.54. The molecule has 1 aliphatic carbocycles. The zero-order valence-corrected chi connectivity index (χ0v) is 25.3. The summed E-state index contributed by atoms with van der Waals surface area (Å²) in [6.45, 7) is 3.12. The van der Waals surface area contributed by atoms with Crippen LogP contribution in [0.25, 0.3) is 10.9 Å². The zero-order valence-electron chi connectivity index (χ0n) is 22.9. The Balaban J connectivity index is 1.48. The molecule has 0 radical (unpaired) electrons. The Morgan fingerprint density at radius 1 is 0.975 bits per heavy atom. The van der Waals surface area contributed by atoms with Crippen molar-refractivity contribution in [1.29, 1.82) is 0 Å². The number of hydrogen-bond donors (Lipinski definition) is 0. The van der Waals surface area contributed by atoms with Crippen LogP contribution in [0.2, 0.25) is 0 Å². The van der Waals surface area contributed by atoms with Gasteiger partial charge < -0.3 is 9.64 Å². The van der Waals surface area contributed by atoms with Crippen molar-refractivity contribution < 1.29 is 13.2 Å². The molecule has 8 heteroatoms. The van der Waals surface area contributed by atoms with Gasteiger partial charge in [0.15, 0.2) is 0 Å². The van der Waals surface area contributed by atoms with Crippen LogP contribution in [-0.2, 0) is 16.4 Å². The first-order valence-electron chi connectivity index (χ1n) is 13.9. The molecule has 1 aliphatic heterocycles. The van der Waals surface area contributed by atoms with Crippen molar-refractivity contribution in [3.05, 3.63) is 90.1 Å². The SMILES string of the molecule is CC[C@]12CCC(=S)N(CCSc3ccccc3)[C@@H]1c1c(n(S(=O)(=O)c3ccc(OC)cc3)c3ccccc13)CC2. The molecule has 0 amide bonds. The number of para-hydroxylation sites is 1. The Morgan fingerprint density at radius 2 is 1.68 bits per heavy atom. The second-order valence-electron chi connectivity index (χ2n) is 10.7. The van der Waals surface area contributed by atoms with Crippen LogP contribution in [0.5, 0.6) is 5.75 Å². The lowest BCUT2D eigenvalue weighted by Crippen LogP contribution is -2.51. The Kier molecular flexibility index (Phi) is 7.44. The van der Waals surface area contributed by atoms with Gasteiger partial charge in [0.25, 0.3) is 10.0 Å². The van der Waals surface area contributed by atoms with Crippen molar-refractivity contribution >= 4 is 49.9 Å². The average Bonchev–Trinajstić information content (AvgIpc) is 3.34. The molecule has 40 heavy (non-hydrogen) atoms. The summed E-state index contributed by atoms with van der Waals surface area (Å²) in [6, 6.07) is 25.2. The molecule has 0 bridgehead atoms. The summed E-state index contributed by atoms with van der Waals surface area (Å²) >= 11 is 7.88. The van der Waals surface area contributed by atoms with E-state index in [1.807, 2.05) is 36.0 Å². The summed E-state index contributed by atoms with van der Waals surface area (Å²) in [4.78, 5) is 4.94. The van der Waals surface area contributed by atoms with Gasteiger partial charge in [0.1, 0.15) is 5.75 Å². The lowest BCUT2D eigenvalue weighted by molar-refractivity contribution is 0.0612. The Labute approximate surface area is 246 Å². The zero-order chi connectivity index (χ0) is 27.9. The van der Waals surface area contributed by atoms with E-state index < -0.39 is 10.0 Å². The van der Waals surface area contributed by atoms with Crippen LogP contribution in [0.1, 0.15) is 49.9 Å². The average molecular weight is 591 g/mol. The molecule has 4 aromatic rings. The number of aromatic nitrogens is 1. The molecule has 5 nitrogen and oxygen atoms in total. The van der Waals surface area contributed by atoms with Gasteiger partial charge in [-0.25, -0.2) is 12.4 Å². The highest BCUT2D eigenvalue weighted by Gasteiger charge is 2.50. The van der Waals surface area contributed by atoms with E-state index in [4.69, 9.17) is 17.0 Å². The molecule has 0 unspecified atom stereocenters. The molecule has 0 N–H and O–H groups in total. The first-order chi connectivity index (χ1) is 19.4. The molecular weight excluding hydrogens is 557 g/mol. The molecule has 6 rings (SSSR count). The smallest absolute Gasteiger partial charge is 0.268 e. The van der Waals surface area contributed by atoms with Gasteiger partial charge in [-0.3, -0.25) is 0 Å². The van der Waals surface area contributed by atoms with E-state index in [1.54, 1.807) is 35.3 Å². The molecule has 0 saturated carbocycles. The van der Waals surface area contributed by atoms with Crippen molar-refractivity contribution in [2.45, 2.75) is 54.9 Å². The molecule has 2 atom stereocenters. The topological polar surface area (TPSA) is 51.5 Å². The monoisotopic (exact) mass is 590 g/mol. The Morgan fingerprint density at radius 3 is 2.40 bits per heavy atom. The van der Waals surface area contributed by atoms with Crippen LogP contribution in [0.15, 0.2) is 88.7 Å². The van der Waals surface area contributed by atoms with Gasteiger partial charge in [0.05, 0.1) is 28.6 Å². The summed E-state index contributed by atoms with van der Waals surface area (Å²) in [7, 11) is -2.25. The second-order valence-corrected chi connectivity index (χ2v) is 14.1. The van der Waals surface area contributed by atoms with Crippen molar-refractivity contribution in [3.63, 3.8) is 0 Å². The fourth-order valence-electron chi connectivity index (χ4n) is 6.74. The van der Waals surface area contributed by atoms with Gasteiger partial charge in [-0.1, -0.05) is 55.5 Å². The third-order valence-electron chi connectivity index (χ3n) is 8.80. The summed E-state index contributed by atoms with van der Waals surface area (Å²) in [5, 5.41) is 1.02. The molecule has 2 aliphatic rings. The number of hydrogen-bond acceptors (Lipinski definition) is 5. The highest BCUT2D eigenvalue weighted by atomic mass is 32.2. The number of likely N-dealkylation sites (tertiary alicyclic amines) is 1. The van der Waals surface area contributed by atoms with E-state index in [9.17, 15) is 8.42 Å². The Bertz CT molecular complexity index is 1650. The van der Waals surface area contributed by atoms with Crippen molar-refractivity contribution in [2.75, 3.05) is 19.4 Å². The molecule has 2 heterocycles. The van der Waals surface area contributed by atoms with Gasteiger partial charge in [0.2, 0.25) is 0 Å². The molecule has 1 fully saturated rings. The second kappa shape index (κ2) is 10.9. The van der Waals surface area contributed by atoms with Gasteiger partial charge in [-0.2, -0.15) is 0 Å². The predicted molar refractivity (Wildman–Crippen MR) is 167 cm³/mol. The minimum Gasteiger partial charge on any atom is -0.497 e. The maximum atomic E-state index is 14.2. The van der Waals surface area contributed by atoms with Crippen molar-refractivity contribution in [3.8, 4) is 5.75 Å². The molecular formula is C32H34N2O3S3. The number of methoxy groups -OCH3 is 1. The van der Waals surface area contributed by atoms with Gasteiger partial charge in [-0.15, -0.1) is 11.8 Å². The highest BCUT2D eigenvalue weighted by Crippen LogP contribution is 2.57. The van der Waals surface area contributed by atoms with Crippen LogP contribution < -0.4 is 4.74 Å². The number of benzene rings is 3. The van der Waals surface area contributed by atoms with Crippen LogP contribution in [-0.4, -0.2) is 41.7 Å². The lowest BCUT2D eigenvalue weighted by atomic mass is 9.62. The van der Waals surface area contributed by atoms with Gasteiger partial charge in [0, 0.05) is 33.8 Å². The minimum absolute atomic E-state index is 0.0519. The normalized spacial score (nSPS) is 20.8. The number of piperidine rings is 1. The first-order valence-corrected chi connectivity index (χ1v) is 16.7. The molecule has 1 saturated heterocycles. The predicted octanol–water partition coefficient (Wildman–Crippen LogP) is 7.49. The number of nitrogens with zero attached hydrogens (tertiary/aromatic N) is 2. The standard InChI is InChI=1S/C32H34N2O3S3/c1-3-32-19-17-28-30(31(32)33(29(38)18-20-32)21-22-39-24-9-5-4-6-10-24)26-11-7-8-12-27(26)34(28)40(35,36)25-15-13-23(37-2)14-16-25/h4-16,31H,3,17-22H2,1-2H3/t31-,32+/m1/s1. The fraction of sp³-hybridized carbons (Fsp3) is 0.344. The van der Waals surface area contributed by atoms with Crippen LogP contribution in [0, 0.1) is 5.41 Å². The fourth-order valence-corrected chi connectivity index (χ4v) is 9.50. The quantitative estimate of drug-likeness (QED) is 0.157. The van der Waals surface area contributed by atoms with Crippen LogP contribution in [0.3, 0.4) is 0 Å². The molecule has 208 valence electrons. The van der Waals surface area contributed by atoms with Crippen molar-refractivity contribution in [2.24, 2.45) is 5.41 Å². The number of thiocarbonyl (C=S) groups is 1. The van der Waals surface area contributed by atoms with E-state index in [-0.39, 0.29) is 16.4 Å². The molecule has 1 aromatic heterocycles. The number of fused-ring (bicyclic) bond motifs is 5. The van der Waals surface area contributed by atoms with Gasteiger partial charge >= 0.3 is 0 Å². The van der Waals surface area contributed by atoms with E-state index in [0.29, 0.717) is 5.75 Å². The first kappa shape index (κ1) is 27.4. The molecule has 0 spiro atoms. The third-order valence-corrected chi connectivity index (χ3v) is 12.0. The van der Waals surface area contributed by atoms with E-state index in [2.05, 4.69) is 42.2 Å². The maximum absolute atomic E-state index is 14.2. The summed E-state index contributed by atoms with van der Waals surface area (Å²) in [5.74, 6) is 1.55. The van der Waals surface area contributed by atoms with E-state index in [1.165, 1.54) is 4.90 Å². The largest absolute Gasteiger partial charge is 0.497 e. The van der Waals surface area contributed by atoms with Crippen molar-refractivity contribution in [1.82, 2.24) is 8.87 Å². The van der Waals surface area contributed by atoms with E-state index in [0.717, 1.165) is 71.6 Å². The minimum atomic E-state index is -3.83. The van der Waals surface area contributed by atoms with Crippen LogP contribution in [0.4, 0.5) is 0 Å². The maximum Gasteiger partial charge on any atom is 0.268 e. The van der Waals surface area contributed by atoms with Crippen LogP contribution >= 0.6 is 24.0 Å². The third kappa shape index (κ3) is 4.54. The summed E-state index contributed by atoms with van der Waals surface area (Å²) in [6.07, 6.45) is 4.66. The Hall–Kier alpha value is -2.81. The van der Waals surface area contributed by atoms with Gasteiger partial charge in [-0.05, 0) is 80.0 Å². The summed E-state index contributed by atoms with van der Waals surface area (Å²) < 4.78 is 35.4.